The van der Waals surface area contributed by atoms with Gasteiger partial charge in [-0.05, 0) is 24.1 Å². The maximum Gasteiger partial charge on any atom is 0.155 e. The van der Waals surface area contributed by atoms with E-state index in [9.17, 15) is 4.79 Å². The Balaban J connectivity index is 2.34. The van der Waals surface area contributed by atoms with E-state index >= 15 is 0 Å². The number of ketones is 1. The normalized spacial score (nSPS) is 26.5. The number of carbonyl (C=O) groups is 1. The van der Waals surface area contributed by atoms with Gasteiger partial charge in [0.15, 0.2) is 5.78 Å². The molecule has 1 aromatic rings. The van der Waals surface area contributed by atoms with Crippen LogP contribution in [0.2, 0.25) is 0 Å². The number of pyridine rings is 1. The van der Waals surface area contributed by atoms with Crippen LogP contribution in [0.1, 0.15) is 25.3 Å². The summed E-state index contributed by atoms with van der Waals surface area (Å²) in [6.07, 6.45) is 8.85. The zero-order valence-electron chi connectivity index (χ0n) is 8.23. The molecule has 0 saturated carbocycles. The summed E-state index contributed by atoms with van der Waals surface area (Å²) >= 11 is 0. The second kappa shape index (κ2) is 3.37. The van der Waals surface area contributed by atoms with Gasteiger partial charge in [-0.3, -0.25) is 9.78 Å². The molecule has 1 aromatic heterocycles. The van der Waals surface area contributed by atoms with Gasteiger partial charge in [-0.1, -0.05) is 19.1 Å². The van der Waals surface area contributed by atoms with Crippen molar-refractivity contribution < 1.29 is 4.79 Å². The molecule has 1 atom stereocenters. The van der Waals surface area contributed by atoms with Gasteiger partial charge >= 0.3 is 0 Å². The molecule has 2 nitrogen and oxygen atoms in total. The predicted molar refractivity (Wildman–Crippen MR) is 55.0 cm³/mol. The Bertz CT molecular complexity index is 369. The van der Waals surface area contributed by atoms with E-state index in [0.29, 0.717) is 6.42 Å². The van der Waals surface area contributed by atoms with E-state index < -0.39 is 0 Å². The highest BCUT2D eigenvalue weighted by molar-refractivity contribution is 5.91. The number of hydrogen-bond acceptors (Lipinski definition) is 2. The molecule has 14 heavy (non-hydrogen) atoms. The third-order valence-corrected chi connectivity index (χ3v) is 2.85. The van der Waals surface area contributed by atoms with Crippen LogP contribution in [0.5, 0.6) is 0 Å². The van der Waals surface area contributed by atoms with Crippen molar-refractivity contribution in [3.05, 3.63) is 42.2 Å². The van der Waals surface area contributed by atoms with Crippen molar-refractivity contribution in [2.45, 2.75) is 25.2 Å². The Morgan fingerprint density at radius 3 is 2.93 bits per heavy atom. The summed E-state index contributed by atoms with van der Waals surface area (Å²) in [4.78, 5) is 15.2. The standard InChI is InChI=1S/C12H13NO/c1-12(6-4-11(14)5-7-12)10-3-2-8-13-9-10/h2-4,6,8-9H,5,7H2,1H3. The van der Waals surface area contributed by atoms with E-state index in [2.05, 4.69) is 18.0 Å². The third-order valence-electron chi connectivity index (χ3n) is 2.85. The van der Waals surface area contributed by atoms with Crippen molar-refractivity contribution in [1.29, 1.82) is 0 Å². The number of aromatic nitrogens is 1. The summed E-state index contributed by atoms with van der Waals surface area (Å²) in [7, 11) is 0. The maximum atomic E-state index is 11.1. The molecule has 72 valence electrons. The van der Waals surface area contributed by atoms with Gasteiger partial charge < -0.3 is 0 Å². The maximum absolute atomic E-state index is 11.1. The Morgan fingerprint density at radius 2 is 2.36 bits per heavy atom. The van der Waals surface area contributed by atoms with Crippen molar-refractivity contribution in [2.24, 2.45) is 0 Å². The lowest BCUT2D eigenvalue weighted by atomic mass is 9.76. The first-order valence-electron chi connectivity index (χ1n) is 4.83. The van der Waals surface area contributed by atoms with Crippen molar-refractivity contribution in [2.75, 3.05) is 0 Å². The predicted octanol–water partition coefficient (Wildman–Crippen LogP) is 2.26. The van der Waals surface area contributed by atoms with Crippen molar-refractivity contribution in [3.8, 4) is 0 Å². The first-order valence-corrected chi connectivity index (χ1v) is 4.83. The zero-order valence-corrected chi connectivity index (χ0v) is 8.23. The quantitative estimate of drug-likeness (QED) is 0.675. The average Bonchev–Trinajstić information content (AvgIpc) is 2.24. The molecule has 0 aliphatic heterocycles. The smallest absolute Gasteiger partial charge is 0.155 e. The number of hydrogen-bond donors (Lipinski definition) is 0. The SMILES string of the molecule is CC1(c2cccnc2)C=CC(=O)CC1. The fraction of sp³-hybridized carbons (Fsp3) is 0.333. The number of carbonyl (C=O) groups excluding carboxylic acids is 1. The summed E-state index contributed by atoms with van der Waals surface area (Å²) in [6, 6.07) is 4.00. The Kier molecular flexibility index (Phi) is 2.20. The molecule has 0 aromatic carbocycles. The lowest BCUT2D eigenvalue weighted by Gasteiger charge is -2.28. The van der Waals surface area contributed by atoms with Gasteiger partial charge in [0.1, 0.15) is 0 Å². The molecule has 1 heterocycles. The molecular formula is C12H13NO. The molecule has 0 spiro atoms. The van der Waals surface area contributed by atoms with E-state index in [-0.39, 0.29) is 11.2 Å². The summed E-state index contributed by atoms with van der Waals surface area (Å²) in [5, 5.41) is 0. The van der Waals surface area contributed by atoms with E-state index in [1.807, 2.05) is 18.3 Å². The Morgan fingerprint density at radius 1 is 1.50 bits per heavy atom. The average molecular weight is 187 g/mol. The van der Waals surface area contributed by atoms with Gasteiger partial charge in [-0.15, -0.1) is 0 Å². The van der Waals surface area contributed by atoms with E-state index in [1.54, 1.807) is 12.3 Å². The van der Waals surface area contributed by atoms with E-state index in [4.69, 9.17) is 0 Å². The minimum Gasteiger partial charge on any atom is -0.295 e. The van der Waals surface area contributed by atoms with Crippen LogP contribution in [0.4, 0.5) is 0 Å². The molecule has 2 rings (SSSR count). The van der Waals surface area contributed by atoms with Crippen molar-refractivity contribution >= 4 is 5.78 Å². The first kappa shape index (κ1) is 9.13. The van der Waals surface area contributed by atoms with Gasteiger partial charge in [0.2, 0.25) is 0 Å². The summed E-state index contributed by atoms with van der Waals surface area (Å²) in [5.41, 5.74) is 1.17. The van der Waals surface area contributed by atoms with Gasteiger partial charge in [-0.25, -0.2) is 0 Å². The zero-order chi connectivity index (χ0) is 10.0. The molecule has 0 amide bonds. The highest BCUT2D eigenvalue weighted by atomic mass is 16.1. The number of rotatable bonds is 1. The topological polar surface area (TPSA) is 30.0 Å². The fourth-order valence-corrected chi connectivity index (χ4v) is 1.77. The van der Waals surface area contributed by atoms with Crippen LogP contribution >= 0.6 is 0 Å². The lowest BCUT2D eigenvalue weighted by molar-refractivity contribution is -0.115. The van der Waals surface area contributed by atoms with Crippen molar-refractivity contribution in [1.82, 2.24) is 4.98 Å². The highest BCUT2D eigenvalue weighted by Crippen LogP contribution is 2.32. The minimum absolute atomic E-state index is 0.0117. The second-order valence-electron chi connectivity index (χ2n) is 3.96. The molecule has 0 saturated heterocycles. The molecule has 2 heteroatoms. The van der Waals surface area contributed by atoms with Crippen LogP contribution in [0.3, 0.4) is 0 Å². The van der Waals surface area contributed by atoms with Gasteiger partial charge in [0.25, 0.3) is 0 Å². The van der Waals surface area contributed by atoms with Gasteiger partial charge in [-0.2, -0.15) is 0 Å². The van der Waals surface area contributed by atoms with Crippen LogP contribution < -0.4 is 0 Å². The third kappa shape index (κ3) is 1.60. The first-order chi connectivity index (χ1) is 6.71. The molecule has 0 N–H and O–H groups in total. The summed E-state index contributed by atoms with van der Waals surface area (Å²) in [5.74, 6) is 0.228. The molecule has 0 radical (unpaired) electrons. The summed E-state index contributed by atoms with van der Waals surface area (Å²) in [6.45, 7) is 2.15. The van der Waals surface area contributed by atoms with Crippen LogP contribution in [-0.2, 0) is 10.2 Å². The summed E-state index contributed by atoms with van der Waals surface area (Å²) < 4.78 is 0. The van der Waals surface area contributed by atoms with Crippen LogP contribution in [-0.4, -0.2) is 10.8 Å². The van der Waals surface area contributed by atoms with Crippen LogP contribution in [0, 0.1) is 0 Å². The Hall–Kier alpha value is -1.44. The molecule has 0 fully saturated rings. The highest BCUT2D eigenvalue weighted by Gasteiger charge is 2.27. The largest absolute Gasteiger partial charge is 0.295 e. The molecule has 1 aliphatic carbocycles. The lowest BCUT2D eigenvalue weighted by Crippen LogP contribution is -2.24. The Labute approximate surface area is 83.7 Å². The fourth-order valence-electron chi connectivity index (χ4n) is 1.77. The monoisotopic (exact) mass is 187 g/mol. The number of nitrogens with zero attached hydrogens (tertiary/aromatic N) is 1. The van der Waals surface area contributed by atoms with E-state index in [0.717, 1.165) is 6.42 Å². The molecular weight excluding hydrogens is 174 g/mol. The second-order valence-corrected chi connectivity index (χ2v) is 3.96. The van der Waals surface area contributed by atoms with Gasteiger partial charge in [0.05, 0.1) is 0 Å². The van der Waals surface area contributed by atoms with Gasteiger partial charge in [0, 0.05) is 24.2 Å². The molecule has 0 bridgehead atoms. The van der Waals surface area contributed by atoms with Crippen LogP contribution in [0.15, 0.2) is 36.7 Å². The minimum atomic E-state index is -0.0117. The molecule has 1 aliphatic rings. The molecule has 1 unspecified atom stereocenters. The van der Waals surface area contributed by atoms with Crippen molar-refractivity contribution in [3.63, 3.8) is 0 Å². The van der Waals surface area contributed by atoms with E-state index in [1.165, 1.54) is 5.56 Å². The van der Waals surface area contributed by atoms with Crippen LogP contribution in [0.25, 0.3) is 0 Å². The number of allylic oxidation sites excluding steroid dienone is 2.